The van der Waals surface area contributed by atoms with E-state index >= 15 is 0 Å². The van der Waals surface area contributed by atoms with Crippen molar-refractivity contribution in [3.63, 3.8) is 0 Å². The fraction of sp³-hybridized carbons (Fsp3) is 0.615. The molecule has 0 aromatic carbocycles. The summed E-state index contributed by atoms with van der Waals surface area (Å²) in [5.74, 6) is 0.0168. The van der Waals surface area contributed by atoms with Crippen LogP contribution in [0.4, 0.5) is 0 Å². The average molecular weight is 314 g/mol. The largest absolute Gasteiger partial charge is 0.346 e. The molecule has 4 nitrogen and oxygen atoms in total. The number of rotatable bonds is 3. The molecule has 1 aromatic heterocycles. The summed E-state index contributed by atoms with van der Waals surface area (Å²) in [7, 11) is 0. The van der Waals surface area contributed by atoms with E-state index in [-0.39, 0.29) is 11.9 Å². The summed E-state index contributed by atoms with van der Waals surface area (Å²) in [6.45, 7) is 6.00. The van der Waals surface area contributed by atoms with Gasteiger partial charge >= 0.3 is 0 Å². The number of aromatic nitrogens is 1. The maximum atomic E-state index is 12.3. The second-order valence-corrected chi connectivity index (χ2v) is 5.71. The number of carbonyl (C=O) groups is 1. The van der Waals surface area contributed by atoms with Crippen molar-refractivity contribution in [2.75, 3.05) is 6.54 Å². The molecule has 1 amide bonds. The zero-order valence-electron chi connectivity index (χ0n) is 10.9. The van der Waals surface area contributed by atoms with E-state index in [1.54, 1.807) is 0 Å². The minimum Gasteiger partial charge on any atom is -0.346 e. The van der Waals surface area contributed by atoms with Gasteiger partial charge in [0.05, 0.1) is 0 Å². The lowest BCUT2D eigenvalue weighted by atomic mass is 10.00. The van der Waals surface area contributed by atoms with Crippen molar-refractivity contribution in [2.45, 2.75) is 45.3 Å². The third-order valence-electron chi connectivity index (χ3n) is 3.51. The highest BCUT2D eigenvalue weighted by molar-refractivity contribution is 9.10. The highest BCUT2D eigenvalue weighted by Gasteiger charge is 2.23. The van der Waals surface area contributed by atoms with E-state index in [2.05, 4.69) is 33.5 Å². The molecule has 0 aliphatic carbocycles. The Hall–Kier alpha value is -0.810. The molecule has 100 valence electrons. The van der Waals surface area contributed by atoms with Crippen LogP contribution < -0.4 is 10.6 Å². The van der Waals surface area contributed by atoms with Gasteiger partial charge in [-0.1, -0.05) is 0 Å². The lowest BCUT2D eigenvalue weighted by Crippen LogP contribution is -2.52. The highest BCUT2D eigenvalue weighted by atomic mass is 79.9. The van der Waals surface area contributed by atoms with Gasteiger partial charge in [0, 0.05) is 29.3 Å². The van der Waals surface area contributed by atoms with Crippen LogP contribution in [0.3, 0.4) is 0 Å². The van der Waals surface area contributed by atoms with Crippen LogP contribution >= 0.6 is 15.9 Å². The minimum atomic E-state index is 0.0168. The Bertz CT molecular complexity index is 430. The topological polar surface area (TPSA) is 46.1 Å². The molecule has 0 spiro atoms. The predicted octanol–water partition coefficient (Wildman–Crippen LogP) is 2.14. The molecular formula is C13H20BrN3O. The number of carbonyl (C=O) groups excluding carboxylic acids is 1. The van der Waals surface area contributed by atoms with Gasteiger partial charge in [0.25, 0.3) is 5.91 Å². The lowest BCUT2D eigenvalue weighted by Gasteiger charge is -2.30. The molecule has 2 N–H and O–H groups in total. The second kappa shape index (κ2) is 5.89. The maximum absolute atomic E-state index is 12.3. The van der Waals surface area contributed by atoms with Gasteiger partial charge in [-0.25, -0.2) is 0 Å². The molecule has 1 aliphatic heterocycles. The third kappa shape index (κ3) is 2.95. The van der Waals surface area contributed by atoms with E-state index in [0.29, 0.717) is 6.04 Å². The van der Waals surface area contributed by atoms with Crippen LogP contribution in [0.15, 0.2) is 16.7 Å². The van der Waals surface area contributed by atoms with Gasteiger partial charge < -0.3 is 15.2 Å². The molecule has 18 heavy (non-hydrogen) atoms. The van der Waals surface area contributed by atoms with Gasteiger partial charge in [-0.2, -0.15) is 0 Å². The van der Waals surface area contributed by atoms with E-state index < -0.39 is 0 Å². The minimum absolute atomic E-state index is 0.0168. The Morgan fingerprint density at radius 2 is 2.44 bits per heavy atom. The molecule has 1 aromatic rings. The zero-order chi connectivity index (χ0) is 13.1. The average Bonchev–Trinajstić information content (AvgIpc) is 2.73. The number of aryl methyl sites for hydroxylation is 1. The standard InChI is InChI=1S/C13H20BrN3O/c1-3-17-8-10(14)7-12(17)13(18)16-11-5-4-6-15-9(11)2/h7-9,11,15H,3-6H2,1-2H3,(H,16,18). The van der Waals surface area contributed by atoms with Crippen LogP contribution in [0, 0.1) is 0 Å². The second-order valence-electron chi connectivity index (χ2n) is 4.79. The van der Waals surface area contributed by atoms with Crippen molar-refractivity contribution in [1.29, 1.82) is 0 Å². The molecule has 2 heterocycles. The maximum Gasteiger partial charge on any atom is 0.268 e. The Labute approximate surface area is 116 Å². The number of hydrogen-bond donors (Lipinski definition) is 2. The number of amides is 1. The number of nitrogens with one attached hydrogen (secondary N) is 2. The Morgan fingerprint density at radius 1 is 1.67 bits per heavy atom. The van der Waals surface area contributed by atoms with Crippen molar-refractivity contribution in [3.05, 3.63) is 22.4 Å². The molecule has 1 aliphatic rings. The molecule has 0 bridgehead atoms. The first-order chi connectivity index (χ1) is 8.61. The monoisotopic (exact) mass is 313 g/mol. The van der Waals surface area contributed by atoms with E-state index in [9.17, 15) is 4.79 Å². The van der Waals surface area contributed by atoms with Crippen molar-refractivity contribution in [1.82, 2.24) is 15.2 Å². The van der Waals surface area contributed by atoms with Crippen molar-refractivity contribution in [3.8, 4) is 0 Å². The highest BCUT2D eigenvalue weighted by Crippen LogP contribution is 2.16. The van der Waals surface area contributed by atoms with Gasteiger partial charge in [-0.3, -0.25) is 4.79 Å². The molecule has 2 atom stereocenters. The van der Waals surface area contributed by atoms with Crippen LogP contribution in [0.1, 0.15) is 37.2 Å². The molecule has 2 rings (SSSR count). The SMILES string of the molecule is CCn1cc(Br)cc1C(=O)NC1CCCNC1C. The third-order valence-corrected chi connectivity index (χ3v) is 3.95. The Balaban J connectivity index is 2.06. The summed E-state index contributed by atoms with van der Waals surface area (Å²) >= 11 is 3.42. The summed E-state index contributed by atoms with van der Waals surface area (Å²) in [5, 5.41) is 6.52. The van der Waals surface area contributed by atoms with Crippen LogP contribution in [0.2, 0.25) is 0 Å². The molecule has 0 saturated carbocycles. The summed E-state index contributed by atoms with van der Waals surface area (Å²) in [6, 6.07) is 2.45. The van der Waals surface area contributed by atoms with Crippen LogP contribution in [0.5, 0.6) is 0 Å². The van der Waals surface area contributed by atoms with Crippen molar-refractivity contribution < 1.29 is 4.79 Å². The van der Waals surface area contributed by atoms with Crippen molar-refractivity contribution in [2.24, 2.45) is 0 Å². The Kier molecular flexibility index (Phi) is 4.45. The summed E-state index contributed by atoms with van der Waals surface area (Å²) in [5.41, 5.74) is 0.724. The number of piperidine rings is 1. The van der Waals surface area contributed by atoms with Crippen LogP contribution in [-0.4, -0.2) is 29.1 Å². The lowest BCUT2D eigenvalue weighted by molar-refractivity contribution is 0.0910. The normalized spacial score (nSPS) is 23.9. The summed E-state index contributed by atoms with van der Waals surface area (Å²) in [6.07, 6.45) is 4.11. The zero-order valence-corrected chi connectivity index (χ0v) is 12.5. The first kappa shape index (κ1) is 13.6. The molecular weight excluding hydrogens is 294 g/mol. The van der Waals surface area contributed by atoms with E-state index in [1.165, 1.54) is 0 Å². The van der Waals surface area contributed by atoms with Gasteiger partial charge in [0.15, 0.2) is 0 Å². The Morgan fingerprint density at radius 3 is 3.11 bits per heavy atom. The number of nitrogens with zero attached hydrogens (tertiary/aromatic N) is 1. The first-order valence-corrected chi connectivity index (χ1v) is 7.31. The van der Waals surface area contributed by atoms with E-state index in [0.717, 1.165) is 36.1 Å². The van der Waals surface area contributed by atoms with E-state index in [1.807, 2.05) is 23.8 Å². The van der Waals surface area contributed by atoms with Gasteiger partial charge in [-0.15, -0.1) is 0 Å². The molecule has 5 heteroatoms. The van der Waals surface area contributed by atoms with Gasteiger partial charge in [0.1, 0.15) is 5.69 Å². The van der Waals surface area contributed by atoms with Gasteiger partial charge in [-0.05, 0) is 55.2 Å². The molecule has 1 fully saturated rings. The fourth-order valence-electron chi connectivity index (χ4n) is 2.41. The van der Waals surface area contributed by atoms with Crippen LogP contribution in [0.25, 0.3) is 0 Å². The van der Waals surface area contributed by atoms with Crippen molar-refractivity contribution >= 4 is 21.8 Å². The molecule has 1 saturated heterocycles. The molecule has 0 radical (unpaired) electrons. The van der Waals surface area contributed by atoms with Crippen LogP contribution in [-0.2, 0) is 6.54 Å². The predicted molar refractivity (Wildman–Crippen MR) is 75.8 cm³/mol. The quantitative estimate of drug-likeness (QED) is 0.898. The fourth-order valence-corrected chi connectivity index (χ4v) is 2.87. The summed E-state index contributed by atoms with van der Waals surface area (Å²) < 4.78 is 2.91. The number of hydrogen-bond acceptors (Lipinski definition) is 2. The first-order valence-electron chi connectivity index (χ1n) is 6.51. The number of halogens is 1. The summed E-state index contributed by atoms with van der Waals surface area (Å²) in [4.78, 5) is 12.3. The molecule has 2 unspecified atom stereocenters. The van der Waals surface area contributed by atoms with Gasteiger partial charge in [0.2, 0.25) is 0 Å². The smallest absolute Gasteiger partial charge is 0.268 e. The van der Waals surface area contributed by atoms with E-state index in [4.69, 9.17) is 0 Å².